The van der Waals surface area contributed by atoms with Gasteiger partial charge in [-0.15, -0.1) is 0 Å². The molecule has 0 bridgehead atoms. The van der Waals surface area contributed by atoms with Crippen LogP contribution in [0, 0.1) is 0 Å². The number of nitrogens with zero attached hydrogens (tertiary/aromatic N) is 2. The summed E-state index contributed by atoms with van der Waals surface area (Å²) in [6.45, 7) is 0. The van der Waals surface area contributed by atoms with E-state index in [9.17, 15) is 4.79 Å². The van der Waals surface area contributed by atoms with Gasteiger partial charge in [0.25, 0.3) is 0 Å². The fourth-order valence-corrected chi connectivity index (χ4v) is 2.15. The number of aromatic nitrogens is 2. The molecule has 2 aromatic heterocycles. The lowest BCUT2D eigenvalue weighted by Gasteiger charge is -2.05. The van der Waals surface area contributed by atoms with E-state index in [0.717, 1.165) is 16.7 Å². The molecule has 0 N–H and O–H groups in total. The second-order valence-corrected chi connectivity index (χ2v) is 4.10. The lowest BCUT2D eigenvalue weighted by atomic mass is 10.1. The van der Waals surface area contributed by atoms with Gasteiger partial charge in [-0.05, 0) is 30.3 Å². The maximum atomic E-state index is 11.7. The zero-order valence-corrected chi connectivity index (χ0v) is 10.4. The molecule has 0 saturated heterocycles. The minimum Gasteiger partial charge on any atom is -0.465 e. The smallest absolute Gasteiger partial charge is 0.338 e. The van der Waals surface area contributed by atoms with E-state index in [-0.39, 0.29) is 5.97 Å². The predicted molar refractivity (Wildman–Crippen MR) is 72.4 cm³/mol. The van der Waals surface area contributed by atoms with Crippen molar-refractivity contribution >= 4 is 16.9 Å². The van der Waals surface area contributed by atoms with Crippen LogP contribution in [-0.4, -0.2) is 22.6 Å². The highest BCUT2D eigenvalue weighted by Gasteiger charge is 2.12. The van der Waals surface area contributed by atoms with Gasteiger partial charge in [-0.25, -0.2) is 9.78 Å². The third kappa shape index (κ3) is 1.87. The summed E-state index contributed by atoms with van der Waals surface area (Å²) in [7, 11) is 1.39. The van der Waals surface area contributed by atoms with Crippen LogP contribution in [0.25, 0.3) is 16.7 Å². The number of esters is 1. The highest BCUT2D eigenvalue weighted by atomic mass is 16.5. The third-order valence-electron chi connectivity index (χ3n) is 3.03. The van der Waals surface area contributed by atoms with Gasteiger partial charge in [0.2, 0.25) is 0 Å². The number of carbonyl (C=O) groups excluding carboxylic acids is 1. The highest BCUT2D eigenvalue weighted by Crippen LogP contribution is 2.23. The fourth-order valence-electron chi connectivity index (χ4n) is 2.15. The van der Waals surface area contributed by atoms with Gasteiger partial charge >= 0.3 is 5.97 Å². The van der Waals surface area contributed by atoms with Crippen molar-refractivity contribution in [3.05, 3.63) is 60.4 Å². The van der Waals surface area contributed by atoms with Gasteiger partial charge in [0.15, 0.2) is 0 Å². The molecule has 0 aliphatic rings. The van der Waals surface area contributed by atoms with Crippen LogP contribution >= 0.6 is 0 Å². The van der Waals surface area contributed by atoms with E-state index in [4.69, 9.17) is 4.74 Å². The van der Waals surface area contributed by atoms with Gasteiger partial charge in [0.1, 0.15) is 5.82 Å². The average molecular weight is 252 g/mol. The molecule has 1 aromatic carbocycles. The van der Waals surface area contributed by atoms with Crippen LogP contribution in [0.5, 0.6) is 0 Å². The van der Waals surface area contributed by atoms with Crippen molar-refractivity contribution in [3.63, 3.8) is 0 Å². The molecule has 0 radical (unpaired) electrons. The van der Waals surface area contributed by atoms with Gasteiger partial charge < -0.3 is 9.30 Å². The van der Waals surface area contributed by atoms with E-state index >= 15 is 0 Å². The Morgan fingerprint density at radius 2 is 2.05 bits per heavy atom. The maximum absolute atomic E-state index is 11.7. The molecule has 19 heavy (non-hydrogen) atoms. The van der Waals surface area contributed by atoms with Crippen LogP contribution in [0.15, 0.2) is 54.9 Å². The molecule has 2 heterocycles. The normalized spacial score (nSPS) is 10.6. The molecule has 0 spiro atoms. The molecular formula is C15H12N2O2. The lowest BCUT2D eigenvalue weighted by Crippen LogP contribution is -2.02. The Bertz CT molecular complexity index is 732. The van der Waals surface area contributed by atoms with Crippen LogP contribution in [0.3, 0.4) is 0 Å². The molecule has 94 valence electrons. The highest BCUT2D eigenvalue weighted by molar-refractivity contribution is 6.04. The first kappa shape index (κ1) is 11.5. The van der Waals surface area contributed by atoms with Gasteiger partial charge in [-0.2, -0.15) is 0 Å². The number of fused-ring (bicyclic) bond motifs is 1. The Morgan fingerprint density at radius 1 is 1.16 bits per heavy atom. The number of benzene rings is 1. The minimum atomic E-state index is -0.329. The molecular weight excluding hydrogens is 240 g/mol. The Balaban J connectivity index is 2.23. The van der Waals surface area contributed by atoms with Crippen molar-refractivity contribution in [2.24, 2.45) is 0 Å². The fraction of sp³-hybridized carbons (Fsp3) is 0.0667. The summed E-state index contributed by atoms with van der Waals surface area (Å²) in [5, 5.41) is 0.861. The summed E-state index contributed by atoms with van der Waals surface area (Å²) in [4.78, 5) is 16.0. The monoisotopic (exact) mass is 252 g/mol. The molecule has 0 saturated carbocycles. The molecule has 0 atom stereocenters. The molecule has 0 aliphatic carbocycles. The standard InChI is InChI=1S/C15H12N2O2/c1-19-15(18)12-5-4-6-13-11(12)8-10-17(13)14-7-2-3-9-16-14/h2-10H,1H3. The Labute approximate surface area is 110 Å². The molecule has 3 rings (SSSR count). The summed E-state index contributed by atoms with van der Waals surface area (Å²) < 4.78 is 6.74. The van der Waals surface area contributed by atoms with Crippen LogP contribution in [0.2, 0.25) is 0 Å². The molecule has 4 heteroatoms. The van der Waals surface area contributed by atoms with E-state index in [2.05, 4.69) is 4.98 Å². The molecule has 4 nitrogen and oxygen atoms in total. The van der Waals surface area contributed by atoms with Crippen LogP contribution in [0.4, 0.5) is 0 Å². The van der Waals surface area contributed by atoms with Gasteiger partial charge in [-0.3, -0.25) is 0 Å². The second-order valence-electron chi connectivity index (χ2n) is 4.10. The zero-order valence-electron chi connectivity index (χ0n) is 10.4. The first-order chi connectivity index (χ1) is 9.31. The van der Waals surface area contributed by atoms with Crippen LogP contribution < -0.4 is 0 Å². The first-order valence-electron chi connectivity index (χ1n) is 5.91. The van der Waals surface area contributed by atoms with Gasteiger partial charge in [0.05, 0.1) is 18.2 Å². The van der Waals surface area contributed by atoms with Gasteiger partial charge in [0, 0.05) is 17.8 Å². The maximum Gasteiger partial charge on any atom is 0.338 e. The first-order valence-corrected chi connectivity index (χ1v) is 5.91. The number of ether oxygens (including phenoxy) is 1. The number of hydrogen-bond acceptors (Lipinski definition) is 3. The van der Waals surface area contributed by atoms with E-state index in [0.29, 0.717) is 5.56 Å². The van der Waals surface area contributed by atoms with E-state index in [1.165, 1.54) is 7.11 Å². The number of rotatable bonds is 2. The van der Waals surface area contributed by atoms with Gasteiger partial charge in [-0.1, -0.05) is 12.1 Å². The lowest BCUT2D eigenvalue weighted by molar-refractivity contribution is 0.0603. The van der Waals surface area contributed by atoms with Crippen LogP contribution in [0.1, 0.15) is 10.4 Å². The van der Waals surface area contributed by atoms with E-state index in [1.807, 2.05) is 47.2 Å². The molecule has 0 fully saturated rings. The zero-order chi connectivity index (χ0) is 13.2. The molecule has 0 unspecified atom stereocenters. The quantitative estimate of drug-likeness (QED) is 0.659. The minimum absolute atomic E-state index is 0.329. The van der Waals surface area contributed by atoms with Crippen molar-refractivity contribution in [2.75, 3.05) is 7.11 Å². The molecule has 0 aliphatic heterocycles. The molecule has 0 amide bonds. The number of methoxy groups -OCH3 is 1. The van der Waals surface area contributed by atoms with Crippen LogP contribution in [-0.2, 0) is 4.74 Å². The SMILES string of the molecule is COC(=O)c1cccc2c1ccn2-c1ccccn1. The Hall–Kier alpha value is -2.62. The number of pyridine rings is 1. The predicted octanol–water partition coefficient (Wildman–Crippen LogP) is 2.81. The molecule has 3 aromatic rings. The third-order valence-corrected chi connectivity index (χ3v) is 3.03. The number of carbonyl (C=O) groups is 1. The summed E-state index contributed by atoms with van der Waals surface area (Å²) in [5.74, 6) is 0.490. The second kappa shape index (κ2) is 4.57. The summed E-state index contributed by atoms with van der Waals surface area (Å²) in [6, 6.07) is 13.2. The number of hydrogen-bond donors (Lipinski definition) is 0. The van der Waals surface area contributed by atoms with Crippen molar-refractivity contribution in [1.29, 1.82) is 0 Å². The van der Waals surface area contributed by atoms with Crippen molar-refractivity contribution < 1.29 is 9.53 Å². The topological polar surface area (TPSA) is 44.1 Å². The summed E-state index contributed by atoms with van der Waals surface area (Å²) in [6.07, 6.45) is 3.64. The van der Waals surface area contributed by atoms with Crippen molar-refractivity contribution in [1.82, 2.24) is 9.55 Å². The van der Waals surface area contributed by atoms with E-state index in [1.54, 1.807) is 12.3 Å². The average Bonchev–Trinajstić information content (AvgIpc) is 2.91. The Kier molecular flexibility index (Phi) is 2.76. The van der Waals surface area contributed by atoms with E-state index < -0.39 is 0 Å². The summed E-state index contributed by atoms with van der Waals surface area (Å²) in [5.41, 5.74) is 1.50. The van der Waals surface area contributed by atoms with Crippen molar-refractivity contribution in [2.45, 2.75) is 0 Å². The summed E-state index contributed by atoms with van der Waals surface area (Å²) >= 11 is 0. The Morgan fingerprint density at radius 3 is 2.79 bits per heavy atom. The van der Waals surface area contributed by atoms with Crippen molar-refractivity contribution in [3.8, 4) is 5.82 Å². The largest absolute Gasteiger partial charge is 0.465 e.